The fraction of sp³-hybridized carbons (Fsp3) is 0.429. The first-order chi connectivity index (χ1) is 9.85. The Bertz CT molecular complexity index is 525. The van der Waals surface area contributed by atoms with Crippen molar-refractivity contribution in [2.45, 2.75) is 26.3 Å². The van der Waals surface area contributed by atoms with Crippen LogP contribution in [0.25, 0.3) is 0 Å². The molecule has 1 amide bonds. The van der Waals surface area contributed by atoms with Crippen LogP contribution >= 0.6 is 0 Å². The van der Waals surface area contributed by atoms with Crippen molar-refractivity contribution in [3.05, 3.63) is 39.9 Å². The van der Waals surface area contributed by atoms with E-state index in [9.17, 15) is 19.7 Å². The molecule has 0 saturated carbocycles. The number of rotatable bonds is 6. The lowest BCUT2D eigenvalue weighted by atomic mass is 10.0. The molecule has 21 heavy (non-hydrogen) atoms. The monoisotopic (exact) mass is 294 g/mol. The van der Waals surface area contributed by atoms with Crippen LogP contribution in [0.4, 0.5) is 5.69 Å². The fourth-order valence-electron chi connectivity index (χ4n) is 1.66. The Morgan fingerprint density at radius 2 is 1.86 bits per heavy atom. The summed E-state index contributed by atoms with van der Waals surface area (Å²) in [6.07, 6.45) is 0.211. The van der Waals surface area contributed by atoms with Gasteiger partial charge in [0.25, 0.3) is 5.69 Å². The van der Waals surface area contributed by atoms with Crippen LogP contribution in [0.15, 0.2) is 24.3 Å². The van der Waals surface area contributed by atoms with Gasteiger partial charge < -0.3 is 10.1 Å². The van der Waals surface area contributed by atoms with Crippen LogP contribution in [0, 0.1) is 16.0 Å². The average molecular weight is 294 g/mol. The molecule has 0 fully saturated rings. The third-order valence-corrected chi connectivity index (χ3v) is 2.91. The van der Waals surface area contributed by atoms with E-state index in [0.717, 1.165) is 0 Å². The third kappa shape index (κ3) is 4.87. The predicted octanol–water partition coefficient (Wildman–Crippen LogP) is 1.45. The number of carbonyl (C=O) groups excluding carboxylic acids is 2. The maximum absolute atomic E-state index is 11.7. The van der Waals surface area contributed by atoms with Crippen LogP contribution in [0.2, 0.25) is 0 Å². The van der Waals surface area contributed by atoms with E-state index in [4.69, 9.17) is 0 Å². The van der Waals surface area contributed by atoms with Gasteiger partial charge in [0.15, 0.2) is 0 Å². The predicted molar refractivity (Wildman–Crippen MR) is 75.6 cm³/mol. The summed E-state index contributed by atoms with van der Waals surface area (Å²) in [5, 5.41) is 13.2. The zero-order valence-electron chi connectivity index (χ0n) is 12.2. The van der Waals surface area contributed by atoms with E-state index in [-0.39, 0.29) is 23.9 Å². The molecule has 0 aliphatic rings. The molecule has 0 aliphatic heterocycles. The molecule has 114 valence electrons. The van der Waals surface area contributed by atoms with Crippen LogP contribution < -0.4 is 5.32 Å². The molecule has 1 aromatic carbocycles. The molecule has 0 saturated heterocycles. The normalized spacial score (nSPS) is 11.8. The van der Waals surface area contributed by atoms with E-state index in [1.807, 2.05) is 0 Å². The van der Waals surface area contributed by atoms with E-state index in [2.05, 4.69) is 10.1 Å². The number of hydrogen-bond acceptors (Lipinski definition) is 5. The van der Waals surface area contributed by atoms with Gasteiger partial charge in [-0.3, -0.25) is 14.9 Å². The molecule has 0 aromatic heterocycles. The number of methoxy groups -OCH3 is 1. The minimum atomic E-state index is -0.814. The quantitative estimate of drug-likeness (QED) is 0.486. The summed E-state index contributed by atoms with van der Waals surface area (Å²) in [6, 6.07) is 5.00. The molecule has 1 atom stereocenters. The van der Waals surface area contributed by atoms with Gasteiger partial charge in [-0.1, -0.05) is 26.0 Å². The van der Waals surface area contributed by atoms with Gasteiger partial charge in [0.2, 0.25) is 5.91 Å². The highest BCUT2D eigenvalue weighted by molar-refractivity contribution is 5.85. The van der Waals surface area contributed by atoms with Crippen LogP contribution in [0.5, 0.6) is 0 Å². The molecule has 0 heterocycles. The largest absolute Gasteiger partial charge is 0.467 e. The van der Waals surface area contributed by atoms with Crippen LogP contribution in [-0.4, -0.2) is 30.0 Å². The molecule has 1 N–H and O–H groups in total. The number of ether oxygens (including phenoxy) is 1. The molecular weight excluding hydrogens is 276 g/mol. The van der Waals surface area contributed by atoms with E-state index >= 15 is 0 Å². The lowest BCUT2D eigenvalue weighted by Gasteiger charge is -2.17. The highest BCUT2D eigenvalue weighted by Crippen LogP contribution is 2.13. The maximum Gasteiger partial charge on any atom is 0.328 e. The standard InChI is InChI=1S/C14H18N2O5/c1-9(2)13(17)15-12(14(18)21-3)8-10-4-6-11(7-5-10)16(19)20/h4-7,9,12H,8H2,1-3H3,(H,15,17)/t12-/m1/s1. The average Bonchev–Trinajstić information content (AvgIpc) is 2.45. The molecule has 0 radical (unpaired) electrons. The minimum absolute atomic E-state index is 0.0282. The Labute approximate surface area is 122 Å². The smallest absolute Gasteiger partial charge is 0.328 e. The Balaban J connectivity index is 2.83. The molecule has 7 nitrogen and oxygen atoms in total. The third-order valence-electron chi connectivity index (χ3n) is 2.91. The van der Waals surface area contributed by atoms with Crippen LogP contribution in [-0.2, 0) is 20.7 Å². The topological polar surface area (TPSA) is 98.5 Å². The number of hydrogen-bond donors (Lipinski definition) is 1. The number of nitro groups is 1. The van der Waals surface area contributed by atoms with E-state index in [1.165, 1.54) is 19.2 Å². The maximum atomic E-state index is 11.7. The number of esters is 1. The van der Waals surface area contributed by atoms with Gasteiger partial charge in [0.05, 0.1) is 12.0 Å². The van der Waals surface area contributed by atoms with Gasteiger partial charge >= 0.3 is 5.97 Å². The molecular formula is C14H18N2O5. The lowest BCUT2D eigenvalue weighted by molar-refractivity contribution is -0.384. The number of benzene rings is 1. The first-order valence-electron chi connectivity index (χ1n) is 6.46. The van der Waals surface area contributed by atoms with Crippen molar-refractivity contribution >= 4 is 17.6 Å². The molecule has 7 heteroatoms. The number of non-ortho nitro benzene ring substituents is 1. The summed E-state index contributed by atoms with van der Waals surface area (Å²) < 4.78 is 4.67. The second kappa shape index (κ2) is 7.37. The fourth-order valence-corrected chi connectivity index (χ4v) is 1.66. The van der Waals surface area contributed by atoms with Gasteiger partial charge in [-0.2, -0.15) is 0 Å². The summed E-state index contributed by atoms with van der Waals surface area (Å²) in [6.45, 7) is 3.44. The minimum Gasteiger partial charge on any atom is -0.467 e. The molecule has 1 aromatic rings. The Morgan fingerprint density at radius 1 is 1.29 bits per heavy atom. The van der Waals surface area contributed by atoms with E-state index in [0.29, 0.717) is 5.56 Å². The summed E-state index contributed by atoms with van der Waals surface area (Å²) >= 11 is 0. The van der Waals surface area contributed by atoms with E-state index in [1.54, 1.807) is 26.0 Å². The van der Waals surface area contributed by atoms with E-state index < -0.39 is 16.9 Å². The molecule has 0 bridgehead atoms. The molecule has 1 rings (SSSR count). The zero-order valence-corrected chi connectivity index (χ0v) is 12.2. The highest BCUT2D eigenvalue weighted by Gasteiger charge is 2.23. The van der Waals surface area contributed by atoms with Gasteiger partial charge in [0.1, 0.15) is 6.04 Å². The Hall–Kier alpha value is -2.44. The summed E-state index contributed by atoms with van der Waals surface area (Å²) in [5.41, 5.74) is 0.666. The Morgan fingerprint density at radius 3 is 2.29 bits per heavy atom. The van der Waals surface area contributed by atoms with Crippen molar-refractivity contribution in [2.75, 3.05) is 7.11 Å². The number of carbonyl (C=O) groups is 2. The van der Waals surface area contributed by atoms with Crippen molar-refractivity contribution in [1.82, 2.24) is 5.32 Å². The Kier molecular flexibility index (Phi) is 5.83. The van der Waals surface area contributed by atoms with Gasteiger partial charge in [0, 0.05) is 24.5 Å². The van der Waals surface area contributed by atoms with Gasteiger partial charge in [-0.15, -0.1) is 0 Å². The molecule has 0 spiro atoms. The van der Waals surface area contributed by atoms with Crippen molar-refractivity contribution < 1.29 is 19.2 Å². The molecule has 0 unspecified atom stereocenters. The first-order valence-corrected chi connectivity index (χ1v) is 6.46. The van der Waals surface area contributed by atoms with Crippen molar-refractivity contribution in [3.8, 4) is 0 Å². The number of nitrogens with zero attached hydrogens (tertiary/aromatic N) is 1. The second-order valence-electron chi connectivity index (χ2n) is 4.87. The van der Waals surface area contributed by atoms with Crippen molar-refractivity contribution in [3.63, 3.8) is 0 Å². The summed E-state index contributed by atoms with van der Waals surface area (Å²) in [7, 11) is 1.24. The number of amides is 1. The second-order valence-corrected chi connectivity index (χ2v) is 4.87. The van der Waals surface area contributed by atoms with Crippen molar-refractivity contribution in [2.24, 2.45) is 5.92 Å². The van der Waals surface area contributed by atoms with Crippen molar-refractivity contribution in [1.29, 1.82) is 0 Å². The summed E-state index contributed by atoms with van der Waals surface area (Å²) in [4.78, 5) is 33.5. The number of nitrogens with one attached hydrogen (secondary N) is 1. The highest BCUT2D eigenvalue weighted by atomic mass is 16.6. The van der Waals surface area contributed by atoms with Crippen LogP contribution in [0.1, 0.15) is 19.4 Å². The summed E-state index contributed by atoms with van der Waals surface area (Å²) in [5.74, 6) is -1.07. The number of nitro benzene ring substituents is 1. The first kappa shape index (κ1) is 16.6. The van der Waals surface area contributed by atoms with Gasteiger partial charge in [-0.05, 0) is 5.56 Å². The lowest BCUT2D eigenvalue weighted by Crippen LogP contribution is -2.44. The van der Waals surface area contributed by atoms with Gasteiger partial charge in [-0.25, -0.2) is 4.79 Å². The van der Waals surface area contributed by atoms with Crippen LogP contribution in [0.3, 0.4) is 0 Å². The SMILES string of the molecule is COC(=O)[C@@H](Cc1ccc([N+](=O)[O-])cc1)NC(=O)C(C)C. The zero-order chi connectivity index (χ0) is 16.0. The molecule has 0 aliphatic carbocycles.